The average Bonchev–Trinajstić information content (AvgIpc) is 3.13. The van der Waals surface area contributed by atoms with E-state index in [2.05, 4.69) is 15.6 Å². The second-order valence-corrected chi connectivity index (χ2v) is 7.61. The van der Waals surface area contributed by atoms with Gasteiger partial charge in [0.15, 0.2) is 0 Å². The van der Waals surface area contributed by atoms with E-state index in [1.54, 1.807) is 27.7 Å². The van der Waals surface area contributed by atoms with Gasteiger partial charge in [0.2, 0.25) is 5.95 Å². The molecule has 3 aromatic rings. The number of rotatable bonds is 6. The van der Waals surface area contributed by atoms with Crippen molar-refractivity contribution >= 4 is 34.6 Å². The molecule has 174 valence electrons. The molecule has 33 heavy (non-hydrogen) atoms. The van der Waals surface area contributed by atoms with E-state index in [9.17, 15) is 27.9 Å². The highest BCUT2D eigenvalue weighted by molar-refractivity contribution is 6.04. The average molecular weight is 461 g/mol. The fraction of sp³-hybridized carbons (Fsp3) is 0.318. The largest absolute Gasteiger partial charge is 0.416 e. The number of halogens is 3. The molecule has 1 aliphatic heterocycles. The summed E-state index contributed by atoms with van der Waals surface area (Å²) < 4.78 is 40.7. The van der Waals surface area contributed by atoms with Gasteiger partial charge in [0.05, 0.1) is 16.6 Å². The maximum atomic E-state index is 13.0. The second kappa shape index (κ2) is 9.10. The Morgan fingerprint density at radius 2 is 2.03 bits per heavy atom. The Bertz CT molecular complexity index is 1190. The molecule has 8 nitrogen and oxygen atoms in total. The highest BCUT2D eigenvalue weighted by Gasteiger charge is 2.31. The van der Waals surface area contributed by atoms with Crippen LogP contribution in [0.1, 0.15) is 28.8 Å². The first-order valence-electron chi connectivity index (χ1n) is 10.4. The van der Waals surface area contributed by atoms with Crippen molar-refractivity contribution in [2.75, 3.05) is 29.9 Å². The van der Waals surface area contributed by atoms with E-state index in [0.29, 0.717) is 42.8 Å². The number of nitrogens with zero attached hydrogens (tertiary/aromatic N) is 3. The van der Waals surface area contributed by atoms with E-state index in [1.165, 1.54) is 12.1 Å². The number of amides is 3. The van der Waals surface area contributed by atoms with Gasteiger partial charge in [-0.2, -0.15) is 13.2 Å². The van der Waals surface area contributed by atoms with Gasteiger partial charge in [-0.15, -0.1) is 0 Å². The van der Waals surface area contributed by atoms with E-state index in [0.717, 1.165) is 18.6 Å². The molecule has 0 bridgehead atoms. The number of carbonyl (C=O) groups is 2. The van der Waals surface area contributed by atoms with Gasteiger partial charge < -0.3 is 15.0 Å². The summed E-state index contributed by atoms with van der Waals surface area (Å²) in [6, 6.07) is 9.17. The lowest BCUT2D eigenvalue weighted by Crippen LogP contribution is -2.46. The van der Waals surface area contributed by atoms with Crippen LogP contribution in [0.15, 0.2) is 42.5 Å². The van der Waals surface area contributed by atoms with Gasteiger partial charge in [0.25, 0.3) is 5.91 Å². The van der Waals surface area contributed by atoms with Crippen molar-refractivity contribution in [1.82, 2.24) is 14.9 Å². The number of urea groups is 1. The molecule has 3 N–H and O–H groups in total. The molecule has 3 amide bonds. The lowest BCUT2D eigenvalue weighted by Gasteiger charge is -2.27. The van der Waals surface area contributed by atoms with Gasteiger partial charge in [-0.3, -0.25) is 15.0 Å². The monoisotopic (exact) mass is 461 g/mol. The fourth-order valence-corrected chi connectivity index (χ4v) is 3.72. The maximum absolute atomic E-state index is 13.0. The highest BCUT2D eigenvalue weighted by Crippen LogP contribution is 2.30. The Morgan fingerprint density at radius 3 is 2.76 bits per heavy atom. The third kappa shape index (κ3) is 4.77. The number of aliphatic hydroxyl groups is 1. The van der Waals surface area contributed by atoms with Crippen LogP contribution in [-0.2, 0) is 12.7 Å². The molecule has 1 aliphatic rings. The molecule has 0 unspecified atom stereocenters. The zero-order valence-electron chi connectivity index (χ0n) is 17.5. The third-order valence-electron chi connectivity index (χ3n) is 5.34. The van der Waals surface area contributed by atoms with E-state index in [4.69, 9.17) is 0 Å². The van der Waals surface area contributed by atoms with Crippen LogP contribution in [0.3, 0.4) is 0 Å². The first kappa shape index (κ1) is 22.6. The number of fused-ring (bicyclic) bond motifs is 1. The molecule has 11 heteroatoms. The van der Waals surface area contributed by atoms with E-state index in [1.807, 2.05) is 0 Å². The molecule has 0 aliphatic carbocycles. The summed E-state index contributed by atoms with van der Waals surface area (Å²) in [6.45, 7) is 1.41. The topological polar surface area (TPSA) is 99.5 Å². The minimum absolute atomic E-state index is 0.0906. The molecular formula is C22H22F3N5O3. The summed E-state index contributed by atoms with van der Waals surface area (Å²) in [5.41, 5.74) is 0.721. The predicted octanol–water partition coefficient (Wildman–Crippen LogP) is 3.61. The number of carbonyl (C=O) groups excluding carboxylic acids is 2. The van der Waals surface area contributed by atoms with Crippen LogP contribution in [0.25, 0.3) is 11.0 Å². The molecule has 0 radical (unpaired) electrons. The van der Waals surface area contributed by atoms with Crippen LogP contribution in [0.4, 0.5) is 29.6 Å². The van der Waals surface area contributed by atoms with Crippen LogP contribution >= 0.6 is 0 Å². The molecule has 1 fully saturated rings. The van der Waals surface area contributed by atoms with Crippen LogP contribution in [0, 0.1) is 0 Å². The maximum Gasteiger partial charge on any atom is 0.416 e. The van der Waals surface area contributed by atoms with Gasteiger partial charge >= 0.3 is 12.2 Å². The van der Waals surface area contributed by atoms with Crippen molar-refractivity contribution in [1.29, 1.82) is 0 Å². The van der Waals surface area contributed by atoms with Gasteiger partial charge in [0.1, 0.15) is 0 Å². The van der Waals surface area contributed by atoms with Gasteiger partial charge in [-0.05, 0) is 49.2 Å². The summed E-state index contributed by atoms with van der Waals surface area (Å²) in [5, 5.41) is 14.6. The van der Waals surface area contributed by atoms with Crippen molar-refractivity contribution in [2.24, 2.45) is 0 Å². The zero-order chi connectivity index (χ0) is 23.6. The summed E-state index contributed by atoms with van der Waals surface area (Å²) >= 11 is 0. The number of aliphatic hydroxyl groups excluding tert-OH is 1. The summed E-state index contributed by atoms with van der Waals surface area (Å²) in [5.74, 6) is -0.599. The van der Waals surface area contributed by atoms with E-state index >= 15 is 0 Å². The Kier molecular flexibility index (Phi) is 6.23. The number of nitrogens with one attached hydrogen (secondary N) is 2. The van der Waals surface area contributed by atoms with Crippen LogP contribution in [-0.4, -0.2) is 46.3 Å². The number of aromatic nitrogens is 2. The van der Waals surface area contributed by atoms with Crippen molar-refractivity contribution in [3.8, 4) is 0 Å². The lowest BCUT2D eigenvalue weighted by atomic mass is 10.1. The number of imidazole rings is 1. The Hall–Kier alpha value is -3.60. The number of hydrogen-bond donors (Lipinski definition) is 3. The standard InChI is InChI=1S/C22H22F3N5O3/c23-22(24,25)15-5-1-4-14(12-15)19(32)28-20-27-17-13-16(29-9-2-8-26-21(29)33)6-7-18(17)30(20)10-3-11-31/h1,4-7,12-13,31H,2-3,8-11H2,(H,26,33)(H,27,28,32). The zero-order valence-corrected chi connectivity index (χ0v) is 17.5. The molecule has 0 saturated carbocycles. The SMILES string of the molecule is O=C(Nc1nc2cc(N3CCCNC3=O)ccc2n1CCCO)c1cccc(C(F)(F)F)c1. The molecule has 1 saturated heterocycles. The van der Waals surface area contributed by atoms with Crippen molar-refractivity contribution in [3.05, 3.63) is 53.6 Å². The molecule has 2 aromatic carbocycles. The quantitative estimate of drug-likeness (QED) is 0.522. The summed E-state index contributed by atoms with van der Waals surface area (Å²) in [4.78, 5) is 30.9. The molecular weight excluding hydrogens is 439 g/mol. The summed E-state index contributed by atoms with van der Waals surface area (Å²) in [7, 11) is 0. The van der Waals surface area contributed by atoms with Crippen LogP contribution < -0.4 is 15.5 Å². The molecule has 2 heterocycles. The van der Waals surface area contributed by atoms with Crippen LogP contribution in [0.2, 0.25) is 0 Å². The fourth-order valence-electron chi connectivity index (χ4n) is 3.72. The molecule has 0 spiro atoms. The minimum atomic E-state index is -4.57. The van der Waals surface area contributed by atoms with Crippen molar-refractivity contribution in [3.63, 3.8) is 0 Å². The number of alkyl halides is 3. The van der Waals surface area contributed by atoms with E-state index < -0.39 is 17.6 Å². The Morgan fingerprint density at radius 1 is 1.21 bits per heavy atom. The van der Waals surface area contributed by atoms with Gasteiger partial charge in [-0.1, -0.05) is 6.07 Å². The lowest BCUT2D eigenvalue weighted by molar-refractivity contribution is -0.137. The van der Waals surface area contributed by atoms with E-state index in [-0.39, 0.29) is 24.1 Å². The number of anilines is 2. The van der Waals surface area contributed by atoms with Gasteiger partial charge in [0, 0.05) is 37.5 Å². The third-order valence-corrected chi connectivity index (χ3v) is 5.34. The van der Waals surface area contributed by atoms with Crippen LogP contribution in [0.5, 0.6) is 0 Å². The first-order chi connectivity index (χ1) is 15.8. The Balaban J connectivity index is 1.67. The first-order valence-corrected chi connectivity index (χ1v) is 10.4. The van der Waals surface area contributed by atoms with Crippen molar-refractivity contribution < 1.29 is 27.9 Å². The predicted molar refractivity (Wildman–Crippen MR) is 116 cm³/mol. The number of benzene rings is 2. The summed E-state index contributed by atoms with van der Waals surface area (Å²) in [6.07, 6.45) is -3.39. The molecule has 0 atom stereocenters. The highest BCUT2D eigenvalue weighted by atomic mass is 19.4. The number of hydrogen-bond acceptors (Lipinski definition) is 4. The Labute approximate surface area is 187 Å². The normalized spacial score (nSPS) is 14.4. The number of aryl methyl sites for hydroxylation is 1. The minimum Gasteiger partial charge on any atom is -0.396 e. The smallest absolute Gasteiger partial charge is 0.396 e. The van der Waals surface area contributed by atoms with Crippen molar-refractivity contribution in [2.45, 2.75) is 25.6 Å². The van der Waals surface area contributed by atoms with Gasteiger partial charge in [-0.25, -0.2) is 9.78 Å². The molecule has 1 aromatic heterocycles. The molecule has 4 rings (SSSR count). The second-order valence-electron chi connectivity index (χ2n) is 7.61.